The van der Waals surface area contributed by atoms with Gasteiger partial charge in [0.05, 0.1) is 11.9 Å². The summed E-state index contributed by atoms with van der Waals surface area (Å²) in [5.74, 6) is 0. The number of pyridine rings is 1. The molecule has 0 bridgehead atoms. The van der Waals surface area contributed by atoms with Gasteiger partial charge in [-0.1, -0.05) is 12.1 Å². The molecule has 64 valence electrons. The summed E-state index contributed by atoms with van der Waals surface area (Å²) in [6, 6.07) is 3.90. The maximum absolute atomic E-state index is 8.30. The fourth-order valence-corrected chi connectivity index (χ4v) is 1.07. The Morgan fingerprint density at radius 3 is 2.92 bits per heavy atom. The molecule has 0 unspecified atom stereocenters. The van der Waals surface area contributed by atoms with Crippen molar-refractivity contribution in [3.05, 3.63) is 29.1 Å². The molecule has 0 spiro atoms. The fourth-order valence-electron chi connectivity index (χ4n) is 1.07. The summed E-state index contributed by atoms with van der Waals surface area (Å²) in [6.07, 6.45) is 2.24. The fraction of sp³-hybridized carbons (Fsp3) is 0.333. The molecule has 0 aliphatic rings. The normalized spacial score (nSPS) is 10.8. The zero-order valence-electron chi connectivity index (χ0n) is 7.28. The Kier molecular flexibility index (Phi) is 2.80. The molecule has 1 aromatic heterocycles. The van der Waals surface area contributed by atoms with Crippen molar-refractivity contribution in [1.29, 1.82) is 0 Å². The van der Waals surface area contributed by atoms with Crippen LogP contribution in [0, 0.1) is 6.92 Å². The topological polar surface area (TPSA) is 45.5 Å². The third-order valence-electron chi connectivity index (χ3n) is 1.59. The van der Waals surface area contributed by atoms with Gasteiger partial charge in [-0.2, -0.15) is 0 Å². The molecule has 0 fully saturated rings. The molecule has 1 heterocycles. The number of nitrogens with zero attached hydrogens (tertiary/aromatic N) is 2. The standard InChI is InChI=1S/C9H12N2O/c1-3-8-4-7(2)5-9(11-8)6-10-12/h4-6,12H,3H2,1-2H3/b10-6+. The van der Waals surface area contributed by atoms with E-state index in [4.69, 9.17) is 5.21 Å². The first-order valence-corrected chi connectivity index (χ1v) is 3.91. The van der Waals surface area contributed by atoms with Crippen molar-refractivity contribution in [2.45, 2.75) is 20.3 Å². The van der Waals surface area contributed by atoms with Crippen molar-refractivity contribution in [2.75, 3.05) is 0 Å². The highest BCUT2D eigenvalue weighted by Crippen LogP contribution is 2.03. The number of aryl methyl sites for hydroxylation is 2. The third kappa shape index (κ3) is 2.05. The Hall–Kier alpha value is -1.38. The van der Waals surface area contributed by atoms with Gasteiger partial charge in [-0.25, -0.2) is 0 Å². The van der Waals surface area contributed by atoms with Crippen LogP contribution in [0.1, 0.15) is 23.9 Å². The van der Waals surface area contributed by atoms with Crippen LogP contribution in [-0.2, 0) is 6.42 Å². The zero-order valence-corrected chi connectivity index (χ0v) is 7.28. The first-order valence-electron chi connectivity index (χ1n) is 3.91. The molecular formula is C9H12N2O. The number of rotatable bonds is 2. The van der Waals surface area contributed by atoms with Crippen LogP contribution in [0.15, 0.2) is 17.3 Å². The van der Waals surface area contributed by atoms with Crippen LogP contribution in [0.4, 0.5) is 0 Å². The number of aromatic nitrogens is 1. The summed E-state index contributed by atoms with van der Waals surface area (Å²) in [4.78, 5) is 4.23. The number of hydrogen-bond acceptors (Lipinski definition) is 3. The van der Waals surface area contributed by atoms with Crippen molar-refractivity contribution in [3.8, 4) is 0 Å². The van der Waals surface area contributed by atoms with Gasteiger partial charge >= 0.3 is 0 Å². The second kappa shape index (κ2) is 3.85. The Balaban J connectivity index is 3.06. The van der Waals surface area contributed by atoms with E-state index in [1.165, 1.54) is 6.21 Å². The van der Waals surface area contributed by atoms with E-state index in [-0.39, 0.29) is 0 Å². The van der Waals surface area contributed by atoms with Crippen LogP contribution < -0.4 is 0 Å². The van der Waals surface area contributed by atoms with Crippen LogP contribution >= 0.6 is 0 Å². The molecule has 0 radical (unpaired) electrons. The van der Waals surface area contributed by atoms with E-state index in [0.717, 1.165) is 17.7 Å². The van der Waals surface area contributed by atoms with Gasteiger partial charge in [-0.15, -0.1) is 0 Å². The van der Waals surface area contributed by atoms with Crippen molar-refractivity contribution >= 4 is 6.21 Å². The highest BCUT2D eigenvalue weighted by Gasteiger charge is 1.95. The molecule has 3 heteroatoms. The van der Waals surface area contributed by atoms with Crippen molar-refractivity contribution in [1.82, 2.24) is 4.98 Å². The van der Waals surface area contributed by atoms with Gasteiger partial charge in [0.25, 0.3) is 0 Å². The molecule has 1 aromatic rings. The molecule has 12 heavy (non-hydrogen) atoms. The highest BCUT2D eigenvalue weighted by atomic mass is 16.4. The molecular weight excluding hydrogens is 152 g/mol. The monoisotopic (exact) mass is 164 g/mol. The van der Waals surface area contributed by atoms with Crippen LogP contribution in [-0.4, -0.2) is 16.4 Å². The minimum atomic E-state index is 0.703. The third-order valence-corrected chi connectivity index (χ3v) is 1.59. The van der Waals surface area contributed by atoms with Gasteiger partial charge in [0.1, 0.15) is 0 Å². The van der Waals surface area contributed by atoms with E-state index < -0.39 is 0 Å². The quantitative estimate of drug-likeness (QED) is 0.411. The molecule has 0 aromatic carbocycles. The highest BCUT2D eigenvalue weighted by molar-refractivity contribution is 5.76. The van der Waals surface area contributed by atoms with E-state index in [9.17, 15) is 0 Å². The van der Waals surface area contributed by atoms with Crippen molar-refractivity contribution in [2.24, 2.45) is 5.16 Å². The summed E-state index contributed by atoms with van der Waals surface area (Å²) in [5, 5.41) is 11.2. The van der Waals surface area contributed by atoms with Gasteiger partial charge in [0.2, 0.25) is 0 Å². The SMILES string of the molecule is CCc1cc(C)cc(/C=N/O)n1. The molecule has 0 saturated carbocycles. The molecule has 0 aliphatic heterocycles. The van der Waals surface area contributed by atoms with Crippen LogP contribution in [0.5, 0.6) is 0 Å². The molecule has 0 aliphatic carbocycles. The lowest BCUT2D eigenvalue weighted by atomic mass is 10.2. The molecule has 0 atom stereocenters. The lowest BCUT2D eigenvalue weighted by molar-refractivity contribution is 0.321. The first-order chi connectivity index (χ1) is 5.76. The largest absolute Gasteiger partial charge is 0.411 e. The van der Waals surface area contributed by atoms with Crippen LogP contribution in [0.25, 0.3) is 0 Å². The minimum Gasteiger partial charge on any atom is -0.411 e. The molecule has 1 rings (SSSR count). The van der Waals surface area contributed by atoms with Crippen molar-refractivity contribution in [3.63, 3.8) is 0 Å². The Bertz CT molecular complexity index is 295. The maximum atomic E-state index is 8.30. The number of hydrogen-bond donors (Lipinski definition) is 1. The van der Waals surface area contributed by atoms with Gasteiger partial charge in [-0.3, -0.25) is 4.98 Å². The van der Waals surface area contributed by atoms with Gasteiger partial charge in [0.15, 0.2) is 0 Å². The van der Waals surface area contributed by atoms with Gasteiger partial charge in [0, 0.05) is 5.69 Å². The average Bonchev–Trinajstić information content (AvgIpc) is 2.04. The Labute approximate surface area is 71.8 Å². The summed E-state index contributed by atoms with van der Waals surface area (Å²) < 4.78 is 0. The summed E-state index contributed by atoms with van der Waals surface area (Å²) >= 11 is 0. The van der Waals surface area contributed by atoms with Crippen molar-refractivity contribution < 1.29 is 5.21 Å². The second-order valence-electron chi connectivity index (χ2n) is 2.66. The van der Waals surface area contributed by atoms with Gasteiger partial charge < -0.3 is 5.21 Å². The molecule has 3 nitrogen and oxygen atoms in total. The van der Waals surface area contributed by atoms with Gasteiger partial charge in [-0.05, 0) is 31.0 Å². The van der Waals surface area contributed by atoms with E-state index in [1.54, 1.807) is 0 Å². The Morgan fingerprint density at radius 2 is 2.33 bits per heavy atom. The lowest BCUT2D eigenvalue weighted by Gasteiger charge is -1.99. The van der Waals surface area contributed by atoms with E-state index in [2.05, 4.69) is 10.1 Å². The van der Waals surface area contributed by atoms with E-state index >= 15 is 0 Å². The second-order valence-corrected chi connectivity index (χ2v) is 2.66. The zero-order chi connectivity index (χ0) is 8.97. The maximum Gasteiger partial charge on any atom is 0.0918 e. The average molecular weight is 164 g/mol. The lowest BCUT2D eigenvalue weighted by Crippen LogP contribution is -1.94. The van der Waals surface area contributed by atoms with E-state index in [0.29, 0.717) is 5.69 Å². The van der Waals surface area contributed by atoms with Crippen LogP contribution in [0.2, 0.25) is 0 Å². The Morgan fingerprint density at radius 1 is 1.58 bits per heavy atom. The molecule has 1 N–H and O–H groups in total. The smallest absolute Gasteiger partial charge is 0.0918 e. The minimum absolute atomic E-state index is 0.703. The summed E-state index contributed by atoms with van der Waals surface area (Å²) in [6.45, 7) is 4.04. The first kappa shape index (κ1) is 8.71. The molecule has 0 amide bonds. The predicted octanol–water partition coefficient (Wildman–Crippen LogP) is 1.76. The summed E-state index contributed by atoms with van der Waals surface area (Å²) in [7, 11) is 0. The van der Waals surface area contributed by atoms with Crippen LogP contribution in [0.3, 0.4) is 0 Å². The molecule has 0 saturated heterocycles. The van der Waals surface area contributed by atoms with E-state index in [1.807, 2.05) is 26.0 Å². The number of oxime groups is 1. The summed E-state index contributed by atoms with van der Waals surface area (Å²) in [5.41, 5.74) is 2.86. The predicted molar refractivity (Wildman–Crippen MR) is 47.7 cm³/mol.